The summed E-state index contributed by atoms with van der Waals surface area (Å²) in [7, 11) is 1.78. The van der Waals surface area contributed by atoms with Gasteiger partial charge >= 0.3 is 0 Å². The number of benzene rings is 2. The lowest BCUT2D eigenvalue weighted by Crippen LogP contribution is -2.39. The van der Waals surface area contributed by atoms with Crippen molar-refractivity contribution in [2.45, 2.75) is 66.4 Å². The average molecular weight is 498 g/mol. The first-order valence-corrected chi connectivity index (χ1v) is 13.8. The van der Waals surface area contributed by atoms with Crippen molar-refractivity contribution < 1.29 is 13.9 Å². The van der Waals surface area contributed by atoms with Gasteiger partial charge in [0.2, 0.25) is 0 Å². The van der Waals surface area contributed by atoms with E-state index in [0.29, 0.717) is 29.9 Å². The van der Waals surface area contributed by atoms with Crippen molar-refractivity contribution >= 4 is 23.0 Å². The minimum atomic E-state index is -0.245. The van der Waals surface area contributed by atoms with Crippen LogP contribution in [0.5, 0.6) is 0 Å². The van der Waals surface area contributed by atoms with Crippen LogP contribution in [0.25, 0.3) is 0 Å². The van der Waals surface area contributed by atoms with Crippen LogP contribution in [0.15, 0.2) is 36.4 Å². The Balaban J connectivity index is 0.000000861. The Kier molecular flexibility index (Phi) is 10.2. The van der Waals surface area contributed by atoms with Gasteiger partial charge in [0.15, 0.2) is 0 Å². The molecule has 2 fully saturated rings. The van der Waals surface area contributed by atoms with E-state index in [1.54, 1.807) is 12.0 Å². The zero-order valence-corrected chi connectivity index (χ0v) is 23.0. The third-order valence-electron chi connectivity index (χ3n) is 7.32. The first kappa shape index (κ1) is 28.0. The van der Waals surface area contributed by atoms with Crippen LogP contribution in [0.1, 0.15) is 69.8 Å². The van der Waals surface area contributed by atoms with Gasteiger partial charge in [0.1, 0.15) is 5.82 Å². The number of amides is 1. The summed E-state index contributed by atoms with van der Waals surface area (Å²) >= 11 is 0. The minimum Gasteiger partial charge on any atom is -0.381 e. The van der Waals surface area contributed by atoms with Crippen LogP contribution in [0, 0.1) is 11.7 Å². The summed E-state index contributed by atoms with van der Waals surface area (Å²) in [6.45, 7) is 14.5. The molecule has 0 aliphatic carbocycles. The molecule has 0 bridgehead atoms. The van der Waals surface area contributed by atoms with Gasteiger partial charge in [0, 0.05) is 56.8 Å². The fourth-order valence-electron chi connectivity index (χ4n) is 5.34. The molecule has 0 spiro atoms. The SMILES string of the molecule is CC.CC.COC1CCN(c2ccc3c(c2)CCN(c2ccc(N4CCC(C)C4)c(F)c2)C3=O)CC1. The first-order chi connectivity index (χ1) is 17.5. The first-order valence-electron chi connectivity index (χ1n) is 13.8. The number of piperidine rings is 1. The molecule has 36 heavy (non-hydrogen) atoms. The molecule has 3 heterocycles. The molecular formula is C30H44FN3O2. The number of nitrogens with zero attached hydrogens (tertiary/aromatic N) is 3. The number of carbonyl (C=O) groups excluding carboxylic acids is 1. The fourth-order valence-corrected chi connectivity index (χ4v) is 5.34. The highest BCUT2D eigenvalue weighted by atomic mass is 19.1. The fraction of sp³-hybridized carbons (Fsp3) is 0.567. The third-order valence-corrected chi connectivity index (χ3v) is 7.32. The van der Waals surface area contributed by atoms with Crippen molar-refractivity contribution in [3.63, 3.8) is 0 Å². The van der Waals surface area contributed by atoms with Crippen LogP contribution in [0.2, 0.25) is 0 Å². The highest BCUT2D eigenvalue weighted by molar-refractivity contribution is 6.08. The number of halogens is 1. The van der Waals surface area contributed by atoms with Crippen molar-refractivity contribution in [2.75, 3.05) is 54.5 Å². The standard InChI is InChI=1S/C26H32FN3O2.2C2H6/c1-18-7-11-29(17-18)25-6-4-21(16-24(25)27)30-14-8-19-15-20(3-5-23(19)26(30)31)28-12-9-22(32-2)10-13-28;2*1-2/h3-6,15-16,18,22H,7-14,17H2,1-2H3;2*1-2H3. The van der Waals surface area contributed by atoms with E-state index in [1.807, 2.05) is 52.0 Å². The smallest absolute Gasteiger partial charge is 0.258 e. The molecular weight excluding hydrogens is 453 g/mol. The molecule has 198 valence electrons. The maximum Gasteiger partial charge on any atom is 0.258 e. The molecule has 6 heteroatoms. The quantitative estimate of drug-likeness (QED) is 0.480. The van der Waals surface area contributed by atoms with Gasteiger partial charge in [-0.05, 0) is 73.6 Å². The summed E-state index contributed by atoms with van der Waals surface area (Å²) in [6.07, 6.45) is 4.27. The summed E-state index contributed by atoms with van der Waals surface area (Å²) in [5, 5.41) is 0. The molecule has 1 unspecified atom stereocenters. The second kappa shape index (κ2) is 13.1. The summed E-state index contributed by atoms with van der Waals surface area (Å²) in [4.78, 5) is 19.4. The number of hydrogen-bond acceptors (Lipinski definition) is 4. The summed E-state index contributed by atoms with van der Waals surface area (Å²) in [5.41, 5.74) is 4.27. The summed E-state index contributed by atoms with van der Waals surface area (Å²) in [6, 6.07) is 11.4. The highest BCUT2D eigenvalue weighted by Gasteiger charge is 2.28. The largest absolute Gasteiger partial charge is 0.381 e. The topological polar surface area (TPSA) is 36.0 Å². The molecule has 5 nitrogen and oxygen atoms in total. The monoisotopic (exact) mass is 497 g/mol. The van der Waals surface area contributed by atoms with Gasteiger partial charge < -0.3 is 19.4 Å². The summed E-state index contributed by atoms with van der Waals surface area (Å²) < 4.78 is 20.4. The second-order valence-electron chi connectivity index (χ2n) is 9.45. The minimum absolute atomic E-state index is 0.0437. The van der Waals surface area contributed by atoms with E-state index in [2.05, 4.69) is 22.8 Å². The van der Waals surface area contributed by atoms with Crippen molar-refractivity contribution in [3.8, 4) is 0 Å². The third kappa shape index (κ3) is 6.03. The molecule has 0 saturated carbocycles. The van der Waals surface area contributed by atoms with Gasteiger partial charge in [-0.3, -0.25) is 4.79 Å². The predicted octanol–water partition coefficient (Wildman–Crippen LogP) is 6.54. The Morgan fingerprint density at radius 2 is 1.53 bits per heavy atom. The van der Waals surface area contributed by atoms with Gasteiger partial charge in [-0.15, -0.1) is 0 Å². The van der Waals surface area contributed by atoms with Gasteiger partial charge in [0.05, 0.1) is 11.8 Å². The number of fused-ring (bicyclic) bond motifs is 1. The van der Waals surface area contributed by atoms with Crippen molar-refractivity contribution in [1.29, 1.82) is 0 Å². The lowest BCUT2D eigenvalue weighted by atomic mass is 9.96. The van der Waals surface area contributed by atoms with Crippen LogP contribution in [-0.4, -0.2) is 51.8 Å². The van der Waals surface area contributed by atoms with E-state index in [-0.39, 0.29) is 11.7 Å². The number of rotatable bonds is 4. The number of hydrogen-bond donors (Lipinski definition) is 0. The maximum atomic E-state index is 14.9. The molecule has 2 aromatic rings. The molecule has 3 aliphatic heterocycles. The van der Waals surface area contributed by atoms with Crippen molar-refractivity contribution in [3.05, 3.63) is 53.3 Å². The van der Waals surface area contributed by atoms with E-state index in [4.69, 9.17) is 4.74 Å². The predicted molar refractivity (Wildman–Crippen MR) is 149 cm³/mol. The van der Waals surface area contributed by atoms with Crippen LogP contribution in [0.4, 0.5) is 21.5 Å². The average Bonchev–Trinajstić information content (AvgIpc) is 3.36. The normalized spacial score (nSPS) is 19.8. The van der Waals surface area contributed by atoms with Crippen LogP contribution in [-0.2, 0) is 11.2 Å². The zero-order valence-electron chi connectivity index (χ0n) is 23.0. The van der Waals surface area contributed by atoms with Gasteiger partial charge in [-0.1, -0.05) is 34.6 Å². The number of methoxy groups -OCH3 is 1. The molecule has 0 aromatic heterocycles. The molecule has 0 N–H and O–H groups in total. The van der Waals surface area contributed by atoms with E-state index >= 15 is 0 Å². The van der Waals surface area contributed by atoms with Gasteiger partial charge in [-0.25, -0.2) is 4.39 Å². The Morgan fingerprint density at radius 1 is 0.861 bits per heavy atom. The van der Waals surface area contributed by atoms with E-state index < -0.39 is 0 Å². The van der Waals surface area contributed by atoms with Crippen molar-refractivity contribution in [1.82, 2.24) is 0 Å². The second-order valence-corrected chi connectivity index (χ2v) is 9.45. The molecule has 3 aliphatic rings. The molecule has 1 amide bonds. The molecule has 5 rings (SSSR count). The Bertz CT molecular complexity index is 1000. The highest BCUT2D eigenvalue weighted by Crippen LogP contribution is 2.33. The number of carbonyl (C=O) groups is 1. The van der Waals surface area contributed by atoms with Gasteiger partial charge in [-0.2, -0.15) is 0 Å². The molecule has 2 aromatic carbocycles. The number of ether oxygens (including phenoxy) is 1. The molecule has 1 atom stereocenters. The Hall–Kier alpha value is -2.60. The van der Waals surface area contributed by atoms with E-state index in [1.165, 1.54) is 11.8 Å². The van der Waals surface area contributed by atoms with Crippen LogP contribution >= 0.6 is 0 Å². The lowest BCUT2D eigenvalue weighted by molar-refractivity contribution is 0.0819. The molecule has 0 radical (unpaired) electrons. The van der Waals surface area contributed by atoms with E-state index in [9.17, 15) is 9.18 Å². The van der Waals surface area contributed by atoms with E-state index in [0.717, 1.165) is 63.0 Å². The maximum absolute atomic E-state index is 14.9. The lowest BCUT2D eigenvalue weighted by Gasteiger charge is -2.34. The summed E-state index contributed by atoms with van der Waals surface area (Å²) in [5.74, 6) is 0.299. The number of anilines is 3. The zero-order chi connectivity index (χ0) is 26.2. The molecule has 2 saturated heterocycles. The van der Waals surface area contributed by atoms with Crippen LogP contribution in [0.3, 0.4) is 0 Å². The van der Waals surface area contributed by atoms with Crippen LogP contribution < -0.4 is 14.7 Å². The van der Waals surface area contributed by atoms with Gasteiger partial charge in [0.25, 0.3) is 5.91 Å². The van der Waals surface area contributed by atoms with Crippen molar-refractivity contribution in [2.24, 2.45) is 5.92 Å². The Morgan fingerprint density at radius 3 is 2.14 bits per heavy atom. The Labute approximate surface area is 217 Å².